The van der Waals surface area contributed by atoms with E-state index in [9.17, 15) is 0 Å². The third-order valence-electron chi connectivity index (χ3n) is 12.7. The first-order chi connectivity index (χ1) is 17.8. The summed E-state index contributed by atoms with van der Waals surface area (Å²) in [6.07, 6.45) is 20.8. The molecule has 4 fully saturated rings. The second kappa shape index (κ2) is 11.5. The summed E-state index contributed by atoms with van der Waals surface area (Å²) >= 11 is 0. The fraction of sp³-hybridized carbons (Fsp3) is 0.946. The van der Waals surface area contributed by atoms with Crippen molar-refractivity contribution < 1.29 is 4.74 Å². The minimum absolute atomic E-state index is 0.0854. The van der Waals surface area contributed by atoms with Gasteiger partial charge in [-0.2, -0.15) is 0 Å². The topological polar surface area (TPSA) is 9.23 Å². The van der Waals surface area contributed by atoms with Crippen LogP contribution in [-0.4, -0.2) is 12.2 Å². The van der Waals surface area contributed by atoms with Gasteiger partial charge in [-0.3, -0.25) is 0 Å². The largest absolute Gasteiger partial charge is 0.374 e. The molecule has 7 unspecified atom stereocenters. The molecule has 0 aromatic heterocycles. The van der Waals surface area contributed by atoms with Crippen LogP contribution in [0.3, 0.4) is 0 Å². The van der Waals surface area contributed by atoms with Crippen LogP contribution in [0.1, 0.15) is 153 Å². The van der Waals surface area contributed by atoms with Crippen LogP contribution in [0, 0.1) is 57.7 Å². The van der Waals surface area contributed by atoms with Gasteiger partial charge in [-0.05, 0) is 115 Å². The Kier molecular flexibility index (Phi) is 9.30. The molecule has 0 bridgehead atoms. The molecule has 0 spiro atoms. The summed E-state index contributed by atoms with van der Waals surface area (Å²) in [7, 11) is 0. The third-order valence-corrected chi connectivity index (χ3v) is 12.7. The van der Waals surface area contributed by atoms with Gasteiger partial charge in [0.1, 0.15) is 0 Å². The Morgan fingerprint density at radius 1 is 0.921 bits per heavy atom. The van der Waals surface area contributed by atoms with Crippen LogP contribution < -0.4 is 0 Å². The van der Waals surface area contributed by atoms with Crippen LogP contribution >= 0.6 is 0 Å². The number of hydrogen-bond donors (Lipinski definition) is 0. The summed E-state index contributed by atoms with van der Waals surface area (Å²) in [6, 6.07) is 0. The average Bonchev–Trinajstić information content (AvgIpc) is 3.60. The number of allylic oxidation sites excluding steroid dienone is 1. The molecule has 220 valence electrons. The van der Waals surface area contributed by atoms with Crippen LogP contribution in [-0.2, 0) is 4.74 Å². The van der Waals surface area contributed by atoms with E-state index in [1.54, 1.807) is 5.57 Å². The zero-order valence-electron chi connectivity index (χ0n) is 27.4. The molecule has 5 aliphatic rings. The highest BCUT2D eigenvalue weighted by Gasteiger charge is 2.61. The van der Waals surface area contributed by atoms with Crippen molar-refractivity contribution in [3.63, 3.8) is 0 Å². The molecule has 38 heavy (non-hydrogen) atoms. The molecule has 0 heterocycles. The number of ether oxygens (including phenoxy) is 1. The van der Waals surface area contributed by atoms with E-state index in [0.29, 0.717) is 22.2 Å². The Morgan fingerprint density at radius 3 is 2.21 bits per heavy atom. The lowest BCUT2D eigenvalue weighted by Crippen LogP contribution is -2.54. The van der Waals surface area contributed by atoms with Gasteiger partial charge >= 0.3 is 0 Å². The van der Waals surface area contributed by atoms with Crippen LogP contribution in [0.2, 0.25) is 0 Å². The van der Waals surface area contributed by atoms with Crippen molar-refractivity contribution in [2.45, 2.75) is 158 Å². The summed E-state index contributed by atoms with van der Waals surface area (Å²) in [5.74, 6) is 6.34. The van der Waals surface area contributed by atoms with Crippen molar-refractivity contribution in [3.8, 4) is 0 Å². The highest BCUT2D eigenvalue weighted by molar-refractivity contribution is 5.27. The zero-order chi connectivity index (χ0) is 27.9. The lowest BCUT2D eigenvalue weighted by atomic mass is 9.45. The number of rotatable bonds is 7. The van der Waals surface area contributed by atoms with E-state index in [4.69, 9.17) is 4.74 Å². The van der Waals surface area contributed by atoms with E-state index in [2.05, 4.69) is 75.3 Å². The molecular weight excluding hydrogens is 460 g/mol. The molecule has 0 N–H and O–H groups in total. The Hall–Kier alpha value is -0.300. The first-order valence-electron chi connectivity index (χ1n) is 17.1. The fourth-order valence-electron chi connectivity index (χ4n) is 10.1. The molecular formula is C37H66O. The Labute approximate surface area is 238 Å². The van der Waals surface area contributed by atoms with Crippen molar-refractivity contribution in [2.24, 2.45) is 57.7 Å². The van der Waals surface area contributed by atoms with Gasteiger partial charge in [0.05, 0.1) is 5.60 Å². The van der Waals surface area contributed by atoms with E-state index in [0.717, 1.165) is 48.5 Å². The van der Waals surface area contributed by atoms with Gasteiger partial charge in [0, 0.05) is 6.61 Å². The standard InChI is InChI=1S/C29H50O.C8H16/c1-9-18-30-29(20(2)3)17-16-27(7)21(19-29)10-11-22-23-12-13-25(26(4,5)6)28(23,8)15-14-24(22)27;1-7(2)3-4-8-5-6-8/h10,20,22-25H,9,11-19H2,1-8H3;7-8H,3-6H2,1-2H3. The van der Waals surface area contributed by atoms with Gasteiger partial charge in [0.2, 0.25) is 0 Å². The molecule has 1 nitrogen and oxygen atoms in total. The number of hydrogen-bond acceptors (Lipinski definition) is 1. The van der Waals surface area contributed by atoms with Gasteiger partial charge in [0.15, 0.2) is 0 Å². The SMILES string of the molecule is CC(C)CCC1CC1.CCCOC1(C(C)C)CCC2(C)C(=CCC3C2CCC2(C)C3CCC2C(C)(C)C)C1. The Morgan fingerprint density at radius 2 is 1.63 bits per heavy atom. The van der Waals surface area contributed by atoms with Crippen molar-refractivity contribution >= 4 is 0 Å². The summed E-state index contributed by atoms with van der Waals surface area (Å²) in [5, 5.41) is 0. The van der Waals surface area contributed by atoms with Crippen molar-refractivity contribution in [2.75, 3.05) is 6.61 Å². The molecule has 7 atom stereocenters. The van der Waals surface area contributed by atoms with E-state index in [1.165, 1.54) is 77.0 Å². The molecule has 0 aromatic rings. The fourth-order valence-corrected chi connectivity index (χ4v) is 10.1. The monoisotopic (exact) mass is 527 g/mol. The summed E-state index contributed by atoms with van der Waals surface area (Å²) in [4.78, 5) is 0. The Bertz CT molecular complexity index is 809. The normalized spacial score (nSPS) is 40.7. The van der Waals surface area contributed by atoms with Crippen LogP contribution in [0.15, 0.2) is 11.6 Å². The van der Waals surface area contributed by atoms with Crippen LogP contribution in [0.5, 0.6) is 0 Å². The first kappa shape index (κ1) is 30.7. The highest BCUT2D eigenvalue weighted by Crippen LogP contribution is 2.69. The smallest absolute Gasteiger partial charge is 0.0742 e. The molecule has 0 saturated heterocycles. The summed E-state index contributed by atoms with van der Waals surface area (Å²) < 4.78 is 6.61. The maximum absolute atomic E-state index is 6.61. The van der Waals surface area contributed by atoms with Gasteiger partial charge in [-0.15, -0.1) is 0 Å². The van der Waals surface area contributed by atoms with Crippen molar-refractivity contribution in [1.29, 1.82) is 0 Å². The predicted molar refractivity (Wildman–Crippen MR) is 165 cm³/mol. The lowest BCUT2D eigenvalue weighted by Gasteiger charge is -2.60. The van der Waals surface area contributed by atoms with Crippen molar-refractivity contribution in [3.05, 3.63) is 11.6 Å². The molecule has 4 saturated carbocycles. The molecule has 0 radical (unpaired) electrons. The molecule has 1 heteroatoms. The van der Waals surface area contributed by atoms with Gasteiger partial charge in [0.25, 0.3) is 0 Å². The average molecular weight is 527 g/mol. The van der Waals surface area contributed by atoms with Gasteiger partial charge in [-0.1, -0.05) is 107 Å². The second-order valence-corrected chi connectivity index (χ2v) is 17.0. The van der Waals surface area contributed by atoms with Gasteiger partial charge < -0.3 is 4.74 Å². The maximum atomic E-state index is 6.61. The third kappa shape index (κ3) is 5.99. The van der Waals surface area contributed by atoms with Crippen LogP contribution in [0.4, 0.5) is 0 Å². The second-order valence-electron chi connectivity index (χ2n) is 17.0. The predicted octanol–water partition coefficient (Wildman–Crippen LogP) is 11.3. The molecule has 5 aliphatic carbocycles. The zero-order valence-corrected chi connectivity index (χ0v) is 27.4. The molecule has 0 amide bonds. The Balaban J connectivity index is 0.000000360. The van der Waals surface area contributed by atoms with E-state index < -0.39 is 0 Å². The summed E-state index contributed by atoms with van der Waals surface area (Å²) in [6.45, 7) is 25.4. The summed E-state index contributed by atoms with van der Waals surface area (Å²) in [5.41, 5.74) is 3.31. The van der Waals surface area contributed by atoms with Crippen molar-refractivity contribution in [1.82, 2.24) is 0 Å². The van der Waals surface area contributed by atoms with E-state index in [1.807, 2.05) is 0 Å². The maximum Gasteiger partial charge on any atom is 0.0742 e. The van der Waals surface area contributed by atoms with Gasteiger partial charge in [-0.25, -0.2) is 0 Å². The molecule has 0 aromatic carbocycles. The molecule has 5 rings (SSSR count). The highest BCUT2D eigenvalue weighted by atomic mass is 16.5. The van der Waals surface area contributed by atoms with Crippen LogP contribution in [0.25, 0.3) is 0 Å². The minimum atomic E-state index is 0.0854. The minimum Gasteiger partial charge on any atom is -0.374 e. The van der Waals surface area contributed by atoms with E-state index in [-0.39, 0.29) is 5.60 Å². The van der Waals surface area contributed by atoms with E-state index >= 15 is 0 Å². The first-order valence-corrected chi connectivity index (χ1v) is 17.1. The lowest BCUT2D eigenvalue weighted by molar-refractivity contribution is -0.123. The number of fused-ring (bicyclic) bond motifs is 5. The quantitative estimate of drug-likeness (QED) is 0.300. The molecule has 0 aliphatic heterocycles.